The highest BCUT2D eigenvalue weighted by Crippen LogP contribution is 2.28. The van der Waals surface area contributed by atoms with Gasteiger partial charge in [0.15, 0.2) is 5.16 Å². The Balaban J connectivity index is 2.25. The fourth-order valence-electron chi connectivity index (χ4n) is 1.55. The lowest BCUT2D eigenvalue weighted by atomic mass is 10.1. The monoisotopic (exact) mass is 233 g/mol. The third-order valence-electron chi connectivity index (χ3n) is 2.26. The highest BCUT2D eigenvalue weighted by atomic mass is 32.2. The van der Waals surface area contributed by atoms with Gasteiger partial charge >= 0.3 is 0 Å². The van der Waals surface area contributed by atoms with E-state index in [-0.39, 0.29) is 0 Å². The minimum atomic E-state index is 0.880. The zero-order valence-electron chi connectivity index (χ0n) is 9.45. The molecule has 0 saturated heterocycles. The smallest absolute Gasteiger partial charge is 0.170 e. The Bertz CT molecular complexity index is 451. The quantitative estimate of drug-likeness (QED) is 0.852. The van der Waals surface area contributed by atoms with Crippen LogP contribution in [0.25, 0.3) is 0 Å². The van der Waals surface area contributed by atoms with Crippen LogP contribution in [0.4, 0.5) is 0 Å². The van der Waals surface area contributed by atoms with E-state index in [9.17, 15) is 0 Å². The maximum absolute atomic E-state index is 4.22. The molecular weight excluding hydrogens is 218 g/mol. The van der Waals surface area contributed by atoms with Crippen LogP contribution in [0.2, 0.25) is 0 Å². The maximum Gasteiger partial charge on any atom is 0.170 e. The number of aromatic amines is 1. The summed E-state index contributed by atoms with van der Waals surface area (Å²) in [6.45, 7) is 2.99. The molecule has 84 valence electrons. The summed E-state index contributed by atoms with van der Waals surface area (Å²) in [6, 6.07) is 6.49. The van der Waals surface area contributed by atoms with Crippen LogP contribution in [-0.2, 0) is 6.54 Å². The second-order valence-corrected chi connectivity index (χ2v) is 4.67. The zero-order chi connectivity index (χ0) is 11.4. The van der Waals surface area contributed by atoms with Gasteiger partial charge in [-0.25, -0.2) is 4.98 Å². The number of hydrogen-bond acceptors (Lipinski definition) is 3. The number of aryl methyl sites for hydroxylation is 1. The molecule has 0 aliphatic heterocycles. The molecule has 1 aromatic carbocycles. The number of aromatic nitrogens is 2. The van der Waals surface area contributed by atoms with E-state index in [1.54, 1.807) is 18.0 Å². The summed E-state index contributed by atoms with van der Waals surface area (Å²) in [4.78, 5) is 8.57. The van der Waals surface area contributed by atoms with Crippen LogP contribution in [0.1, 0.15) is 11.1 Å². The van der Waals surface area contributed by atoms with Crippen molar-refractivity contribution in [3.63, 3.8) is 0 Å². The van der Waals surface area contributed by atoms with Crippen molar-refractivity contribution in [3.05, 3.63) is 41.7 Å². The number of rotatable bonds is 4. The van der Waals surface area contributed by atoms with Gasteiger partial charge in [-0.15, -0.1) is 0 Å². The number of hydrogen-bond donors (Lipinski definition) is 2. The first-order valence-electron chi connectivity index (χ1n) is 5.21. The van der Waals surface area contributed by atoms with Crippen molar-refractivity contribution in [2.75, 3.05) is 7.05 Å². The topological polar surface area (TPSA) is 40.7 Å². The number of imidazole rings is 1. The average molecular weight is 233 g/mol. The predicted molar refractivity (Wildman–Crippen MR) is 66.7 cm³/mol. The average Bonchev–Trinajstić information content (AvgIpc) is 2.75. The van der Waals surface area contributed by atoms with E-state index in [1.165, 1.54) is 16.0 Å². The van der Waals surface area contributed by atoms with Gasteiger partial charge in [-0.2, -0.15) is 0 Å². The minimum Gasteiger partial charge on any atom is -0.339 e. The van der Waals surface area contributed by atoms with Crippen molar-refractivity contribution in [2.45, 2.75) is 23.5 Å². The molecule has 0 spiro atoms. The Morgan fingerprint density at radius 3 is 3.00 bits per heavy atom. The maximum atomic E-state index is 4.22. The summed E-state index contributed by atoms with van der Waals surface area (Å²) in [5.74, 6) is 0. The summed E-state index contributed by atoms with van der Waals surface area (Å²) < 4.78 is 0. The summed E-state index contributed by atoms with van der Waals surface area (Å²) in [7, 11) is 1.96. The molecule has 0 unspecified atom stereocenters. The minimum absolute atomic E-state index is 0.880. The first kappa shape index (κ1) is 11.2. The van der Waals surface area contributed by atoms with E-state index in [0.717, 1.165) is 11.7 Å². The first-order chi connectivity index (χ1) is 7.79. The molecule has 2 aromatic rings. The molecule has 0 aliphatic rings. The van der Waals surface area contributed by atoms with Crippen molar-refractivity contribution in [1.82, 2.24) is 15.3 Å². The van der Waals surface area contributed by atoms with Crippen LogP contribution in [0, 0.1) is 6.92 Å². The molecule has 0 amide bonds. The summed E-state index contributed by atoms with van der Waals surface area (Å²) in [5, 5.41) is 4.12. The molecule has 1 heterocycles. The fraction of sp³-hybridized carbons (Fsp3) is 0.250. The fourth-order valence-corrected chi connectivity index (χ4v) is 2.39. The van der Waals surface area contributed by atoms with Crippen LogP contribution in [0.5, 0.6) is 0 Å². The second-order valence-electron chi connectivity index (χ2n) is 3.64. The summed E-state index contributed by atoms with van der Waals surface area (Å²) in [5.41, 5.74) is 2.60. The van der Waals surface area contributed by atoms with E-state index in [0.29, 0.717) is 0 Å². The predicted octanol–water partition coefficient (Wildman–Crippen LogP) is 2.59. The Kier molecular flexibility index (Phi) is 3.64. The first-order valence-corrected chi connectivity index (χ1v) is 6.02. The van der Waals surface area contributed by atoms with Gasteiger partial charge < -0.3 is 10.3 Å². The van der Waals surface area contributed by atoms with E-state index in [4.69, 9.17) is 0 Å². The Hall–Kier alpha value is -1.26. The number of H-pyrrole nitrogens is 1. The van der Waals surface area contributed by atoms with E-state index >= 15 is 0 Å². The van der Waals surface area contributed by atoms with E-state index in [1.807, 2.05) is 13.2 Å². The molecule has 0 atom stereocenters. The molecule has 1 aromatic heterocycles. The lowest BCUT2D eigenvalue weighted by Crippen LogP contribution is -2.06. The van der Waals surface area contributed by atoms with Crippen molar-refractivity contribution in [3.8, 4) is 0 Å². The molecule has 2 N–H and O–H groups in total. The lowest BCUT2D eigenvalue weighted by Gasteiger charge is -2.08. The van der Waals surface area contributed by atoms with Crippen molar-refractivity contribution in [2.24, 2.45) is 0 Å². The van der Waals surface area contributed by atoms with Gasteiger partial charge in [0.05, 0.1) is 0 Å². The van der Waals surface area contributed by atoms with Gasteiger partial charge in [0.2, 0.25) is 0 Å². The van der Waals surface area contributed by atoms with Crippen molar-refractivity contribution < 1.29 is 0 Å². The molecule has 2 rings (SSSR count). The van der Waals surface area contributed by atoms with Gasteiger partial charge in [0.1, 0.15) is 0 Å². The molecule has 0 fully saturated rings. The highest BCUT2D eigenvalue weighted by molar-refractivity contribution is 7.99. The molecule has 16 heavy (non-hydrogen) atoms. The van der Waals surface area contributed by atoms with Gasteiger partial charge in [-0.1, -0.05) is 29.5 Å². The molecule has 0 saturated carbocycles. The third kappa shape index (κ3) is 2.65. The van der Waals surface area contributed by atoms with Gasteiger partial charge in [0.25, 0.3) is 0 Å². The molecule has 0 radical (unpaired) electrons. The van der Waals surface area contributed by atoms with Crippen molar-refractivity contribution in [1.29, 1.82) is 0 Å². The molecule has 0 bridgehead atoms. The zero-order valence-corrected chi connectivity index (χ0v) is 10.3. The molecule has 3 nitrogen and oxygen atoms in total. The van der Waals surface area contributed by atoms with Gasteiger partial charge in [-0.3, -0.25) is 0 Å². The van der Waals surface area contributed by atoms with Crippen LogP contribution in [0.3, 0.4) is 0 Å². The highest BCUT2D eigenvalue weighted by Gasteiger charge is 2.05. The van der Waals surface area contributed by atoms with Gasteiger partial charge in [-0.05, 0) is 25.6 Å². The standard InChI is InChI=1S/C12H15N3S/c1-9-3-4-11(10(7-9)8-13-2)16-12-14-5-6-15-12/h3-7,13H,8H2,1-2H3,(H,14,15). The SMILES string of the molecule is CNCc1cc(C)ccc1Sc1ncc[nH]1. The van der Waals surface area contributed by atoms with Crippen LogP contribution < -0.4 is 5.32 Å². The molecule has 0 aliphatic carbocycles. The Labute approximate surface area is 99.7 Å². The Morgan fingerprint density at radius 1 is 1.44 bits per heavy atom. The number of nitrogens with zero attached hydrogens (tertiary/aromatic N) is 1. The van der Waals surface area contributed by atoms with Crippen LogP contribution in [0.15, 0.2) is 40.6 Å². The number of benzene rings is 1. The molecular formula is C12H15N3S. The van der Waals surface area contributed by atoms with Crippen LogP contribution >= 0.6 is 11.8 Å². The molecule has 4 heteroatoms. The number of nitrogens with one attached hydrogen (secondary N) is 2. The Morgan fingerprint density at radius 2 is 2.31 bits per heavy atom. The van der Waals surface area contributed by atoms with E-state index < -0.39 is 0 Å². The third-order valence-corrected chi connectivity index (χ3v) is 3.30. The second kappa shape index (κ2) is 5.18. The summed E-state index contributed by atoms with van der Waals surface area (Å²) in [6.07, 6.45) is 3.61. The van der Waals surface area contributed by atoms with E-state index in [2.05, 4.69) is 40.4 Å². The summed E-state index contributed by atoms with van der Waals surface area (Å²) >= 11 is 1.66. The van der Waals surface area contributed by atoms with Crippen LogP contribution in [-0.4, -0.2) is 17.0 Å². The van der Waals surface area contributed by atoms with Crippen molar-refractivity contribution >= 4 is 11.8 Å². The largest absolute Gasteiger partial charge is 0.339 e. The van der Waals surface area contributed by atoms with Gasteiger partial charge in [0, 0.05) is 23.8 Å². The normalized spacial score (nSPS) is 10.6. The lowest BCUT2D eigenvalue weighted by molar-refractivity contribution is 0.801.